The molecule has 1 atom stereocenters. The van der Waals surface area contributed by atoms with Gasteiger partial charge in [0, 0.05) is 31.3 Å². The van der Waals surface area contributed by atoms with Crippen LogP contribution in [0.4, 0.5) is 0 Å². The first-order chi connectivity index (χ1) is 25.2. The Morgan fingerprint density at radius 2 is 1.29 bits per heavy atom. The lowest BCUT2D eigenvalue weighted by Gasteiger charge is -2.30. The van der Waals surface area contributed by atoms with E-state index in [0.29, 0.717) is 5.82 Å². The van der Waals surface area contributed by atoms with Crippen molar-refractivity contribution in [3.8, 4) is 44.9 Å². The second-order valence-electron chi connectivity index (χ2n) is 13.2. The van der Waals surface area contributed by atoms with Crippen molar-refractivity contribution in [3.63, 3.8) is 0 Å². The van der Waals surface area contributed by atoms with Crippen LogP contribution >= 0.6 is 11.3 Å². The Bertz CT molecular complexity index is 2780. The number of thiophene rings is 1. The van der Waals surface area contributed by atoms with E-state index in [1.54, 1.807) is 0 Å². The van der Waals surface area contributed by atoms with Gasteiger partial charge in [0.15, 0.2) is 5.82 Å². The fourth-order valence-electron chi connectivity index (χ4n) is 8.68. The van der Waals surface area contributed by atoms with E-state index < -0.39 is 5.41 Å². The number of benzene rings is 6. The highest BCUT2D eigenvalue weighted by molar-refractivity contribution is 7.26. The van der Waals surface area contributed by atoms with E-state index in [1.165, 1.54) is 64.7 Å². The summed E-state index contributed by atoms with van der Waals surface area (Å²) in [4.78, 5) is 10.6. The molecule has 0 amide bonds. The first kappa shape index (κ1) is 29.7. The first-order valence-corrected chi connectivity index (χ1v) is 18.2. The zero-order chi connectivity index (χ0) is 34.1. The van der Waals surface area contributed by atoms with Gasteiger partial charge in [-0.05, 0) is 75.2 Å². The molecule has 2 aromatic heterocycles. The average Bonchev–Trinajstić information content (AvgIpc) is 3.82. The third-order valence-corrected chi connectivity index (χ3v) is 11.7. The Hall–Kier alpha value is -6.16. The Morgan fingerprint density at radius 1 is 0.627 bits per heavy atom. The van der Waals surface area contributed by atoms with Gasteiger partial charge in [-0.3, -0.25) is 0 Å². The predicted molar refractivity (Wildman–Crippen MR) is 215 cm³/mol. The minimum absolute atomic E-state index is 0.482. The van der Waals surface area contributed by atoms with E-state index in [1.807, 2.05) is 42.6 Å². The van der Waals surface area contributed by atoms with Crippen LogP contribution in [0.15, 0.2) is 170 Å². The average molecular weight is 669 g/mol. The highest BCUT2D eigenvalue weighted by Gasteiger charge is 2.52. The molecule has 6 aromatic carbocycles. The lowest BCUT2D eigenvalue weighted by atomic mass is 9.70. The van der Waals surface area contributed by atoms with Crippen LogP contribution in [0.2, 0.25) is 0 Å². The molecular weight excluding hydrogens is 637 g/mol. The SMILES string of the molecule is C=C/C=C(\C=C/C)c1cc(-c2ccccc2)nc(-c2cccc3c2-c2ccccc2C32c3ccccc3-c3c2ccc2sc4ccccc4c32)n1. The zero-order valence-corrected chi connectivity index (χ0v) is 28.9. The molecule has 8 aromatic rings. The molecule has 2 aliphatic carbocycles. The van der Waals surface area contributed by atoms with E-state index >= 15 is 0 Å². The third kappa shape index (κ3) is 4.16. The van der Waals surface area contributed by atoms with Crippen LogP contribution in [0.25, 0.3) is 70.6 Å². The summed E-state index contributed by atoms with van der Waals surface area (Å²) in [7, 11) is 0. The maximum atomic E-state index is 5.31. The minimum Gasteiger partial charge on any atom is -0.228 e. The summed E-state index contributed by atoms with van der Waals surface area (Å²) in [5.41, 5.74) is 14.7. The summed E-state index contributed by atoms with van der Waals surface area (Å²) in [6.45, 7) is 6.03. The highest BCUT2D eigenvalue weighted by atomic mass is 32.1. The molecule has 0 radical (unpaired) electrons. The van der Waals surface area contributed by atoms with Crippen molar-refractivity contribution in [1.29, 1.82) is 0 Å². The van der Waals surface area contributed by atoms with Crippen molar-refractivity contribution in [3.05, 3.63) is 198 Å². The molecule has 0 saturated carbocycles. The molecule has 1 spiro atoms. The van der Waals surface area contributed by atoms with E-state index in [0.717, 1.165) is 28.1 Å². The summed E-state index contributed by atoms with van der Waals surface area (Å²) in [6.07, 6.45) is 7.97. The molecule has 1 unspecified atom stereocenters. The quantitative estimate of drug-likeness (QED) is 0.171. The Labute approximate surface area is 301 Å². The van der Waals surface area contributed by atoms with Crippen molar-refractivity contribution < 1.29 is 0 Å². The maximum Gasteiger partial charge on any atom is 0.161 e. The molecule has 0 bridgehead atoms. The Balaban J connectivity index is 1.31. The Kier molecular flexibility index (Phi) is 6.67. The number of rotatable bonds is 5. The van der Waals surface area contributed by atoms with E-state index in [4.69, 9.17) is 9.97 Å². The summed E-state index contributed by atoms with van der Waals surface area (Å²) >= 11 is 1.88. The lowest BCUT2D eigenvalue weighted by Crippen LogP contribution is -2.25. The molecular formula is C48H32N2S. The number of hydrogen-bond donors (Lipinski definition) is 0. The van der Waals surface area contributed by atoms with Crippen molar-refractivity contribution in [1.82, 2.24) is 9.97 Å². The predicted octanol–water partition coefficient (Wildman–Crippen LogP) is 12.7. The molecule has 3 heteroatoms. The van der Waals surface area contributed by atoms with Gasteiger partial charge in [-0.1, -0.05) is 152 Å². The molecule has 240 valence electrons. The second-order valence-corrected chi connectivity index (χ2v) is 14.3. The van der Waals surface area contributed by atoms with E-state index in [2.05, 4.69) is 146 Å². The molecule has 2 nitrogen and oxygen atoms in total. The number of fused-ring (bicyclic) bond motifs is 14. The maximum absolute atomic E-state index is 5.31. The van der Waals surface area contributed by atoms with Crippen molar-refractivity contribution >= 4 is 37.1 Å². The van der Waals surface area contributed by atoms with Gasteiger partial charge in [-0.2, -0.15) is 0 Å². The van der Waals surface area contributed by atoms with Crippen LogP contribution < -0.4 is 0 Å². The van der Waals surface area contributed by atoms with Crippen LogP contribution in [0, 0.1) is 0 Å². The largest absolute Gasteiger partial charge is 0.228 e. The van der Waals surface area contributed by atoms with Gasteiger partial charge in [0.05, 0.1) is 16.8 Å². The van der Waals surface area contributed by atoms with E-state index in [9.17, 15) is 0 Å². The number of hydrogen-bond acceptors (Lipinski definition) is 3. The van der Waals surface area contributed by atoms with Gasteiger partial charge in [0.25, 0.3) is 0 Å². The molecule has 51 heavy (non-hydrogen) atoms. The van der Waals surface area contributed by atoms with Crippen LogP contribution in [0.3, 0.4) is 0 Å². The van der Waals surface area contributed by atoms with Crippen molar-refractivity contribution in [2.45, 2.75) is 12.3 Å². The standard InChI is InChI=1S/C48H32N2S/c1-3-15-30(16-4-2)40-29-41(31-17-6-5-7-18-31)50-47(49-40)35-22-14-25-38-44(35)32-19-8-11-23-36(32)48(38)37-24-12-9-20-33(37)45-39(48)27-28-43-46(45)34-21-10-13-26-42(34)51-43/h3-29H,1H2,2H3/b16-4-,30-15+. The Morgan fingerprint density at radius 3 is 2.08 bits per heavy atom. The number of nitrogens with zero attached hydrogens (tertiary/aromatic N) is 2. The van der Waals surface area contributed by atoms with Gasteiger partial charge in [-0.25, -0.2) is 9.97 Å². The minimum atomic E-state index is -0.482. The summed E-state index contributed by atoms with van der Waals surface area (Å²) < 4.78 is 2.65. The first-order valence-electron chi connectivity index (χ1n) is 17.4. The van der Waals surface area contributed by atoms with Crippen molar-refractivity contribution in [2.24, 2.45) is 0 Å². The van der Waals surface area contributed by atoms with Gasteiger partial charge in [0.2, 0.25) is 0 Å². The van der Waals surface area contributed by atoms with Crippen LogP contribution in [0.1, 0.15) is 34.9 Å². The lowest BCUT2D eigenvalue weighted by molar-refractivity contribution is 0.794. The molecule has 0 saturated heterocycles. The summed E-state index contributed by atoms with van der Waals surface area (Å²) in [5, 5.41) is 2.68. The van der Waals surface area contributed by atoms with Gasteiger partial charge in [-0.15, -0.1) is 11.3 Å². The van der Waals surface area contributed by atoms with Crippen LogP contribution in [0.5, 0.6) is 0 Å². The highest BCUT2D eigenvalue weighted by Crippen LogP contribution is 2.65. The number of aromatic nitrogens is 2. The molecule has 0 aliphatic heterocycles. The summed E-state index contributed by atoms with van der Waals surface area (Å²) in [6, 6.07) is 50.9. The van der Waals surface area contributed by atoms with Gasteiger partial charge >= 0.3 is 0 Å². The molecule has 2 heterocycles. The van der Waals surface area contributed by atoms with Gasteiger partial charge < -0.3 is 0 Å². The number of allylic oxidation sites excluding steroid dienone is 5. The molecule has 0 fully saturated rings. The third-order valence-electron chi connectivity index (χ3n) is 10.6. The second kappa shape index (κ2) is 11.4. The molecule has 0 N–H and O–H groups in total. The van der Waals surface area contributed by atoms with Crippen molar-refractivity contribution in [2.75, 3.05) is 0 Å². The fraction of sp³-hybridized carbons (Fsp3) is 0.0417. The van der Waals surface area contributed by atoms with E-state index in [-0.39, 0.29) is 0 Å². The van der Waals surface area contributed by atoms with Gasteiger partial charge in [0.1, 0.15) is 0 Å². The smallest absolute Gasteiger partial charge is 0.161 e. The normalized spacial score (nSPS) is 15.7. The summed E-state index contributed by atoms with van der Waals surface area (Å²) in [5.74, 6) is 0.709. The molecule has 2 aliphatic rings. The fourth-order valence-corrected chi connectivity index (χ4v) is 9.80. The molecule has 10 rings (SSSR count). The zero-order valence-electron chi connectivity index (χ0n) is 28.1. The van der Waals surface area contributed by atoms with Crippen LogP contribution in [-0.4, -0.2) is 9.97 Å². The van der Waals surface area contributed by atoms with Crippen LogP contribution in [-0.2, 0) is 5.41 Å². The topological polar surface area (TPSA) is 25.8 Å². The monoisotopic (exact) mass is 668 g/mol.